The molecule has 6 nitrogen and oxygen atoms in total. The van der Waals surface area contributed by atoms with E-state index in [4.69, 9.17) is 16.6 Å². The first-order chi connectivity index (χ1) is 8.00. The summed E-state index contributed by atoms with van der Waals surface area (Å²) in [5, 5.41) is 12.9. The van der Waals surface area contributed by atoms with Crippen molar-refractivity contribution < 1.29 is 9.90 Å². The zero-order valence-corrected chi connectivity index (χ0v) is 9.21. The van der Waals surface area contributed by atoms with Gasteiger partial charge in [-0.25, -0.2) is 9.48 Å². The highest BCUT2D eigenvalue weighted by atomic mass is 16.4. The minimum atomic E-state index is -1.18. The lowest BCUT2D eigenvalue weighted by atomic mass is 10.2. The van der Waals surface area contributed by atoms with Gasteiger partial charge in [-0.2, -0.15) is 0 Å². The minimum absolute atomic E-state index is 0.0283. The molecule has 88 valence electrons. The fourth-order valence-electron chi connectivity index (χ4n) is 1.62. The molecule has 6 heteroatoms. The van der Waals surface area contributed by atoms with Gasteiger partial charge in [0.2, 0.25) is 0 Å². The zero-order chi connectivity index (χ0) is 12.6. The molecule has 17 heavy (non-hydrogen) atoms. The molecule has 1 aromatic heterocycles. The van der Waals surface area contributed by atoms with E-state index in [1.165, 1.54) is 4.68 Å². The van der Waals surface area contributed by atoms with Gasteiger partial charge < -0.3 is 16.6 Å². The normalized spacial score (nSPS) is 10.4. The van der Waals surface area contributed by atoms with Crippen molar-refractivity contribution in [2.75, 3.05) is 11.5 Å². The van der Waals surface area contributed by atoms with Crippen LogP contribution in [0.15, 0.2) is 24.3 Å². The fraction of sp³-hybridized carbons (Fsp3) is 0.0909. The van der Waals surface area contributed by atoms with Crippen LogP contribution in [-0.2, 0) is 0 Å². The Kier molecular flexibility index (Phi) is 2.47. The maximum Gasteiger partial charge on any atom is 0.343 e. The number of hydrogen-bond donors (Lipinski definition) is 3. The van der Waals surface area contributed by atoms with Crippen molar-refractivity contribution in [3.63, 3.8) is 0 Å². The van der Waals surface area contributed by atoms with Crippen LogP contribution in [0.4, 0.5) is 11.6 Å². The quantitative estimate of drug-likeness (QED) is 0.717. The van der Waals surface area contributed by atoms with Gasteiger partial charge in [-0.15, -0.1) is 5.10 Å². The zero-order valence-electron chi connectivity index (χ0n) is 9.21. The molecule has 0 radical (unpaired) electrons. The molecule has 0 aliphatic rings. The van der Waals surface area contributed by atoms with Crippen molar-refractivity contribution in [2.24, 2.45) is 0 Å². The molecule has 0 saturated carbocycles. The van der Waals surface area contributed by atoms with Crippen LogP contribution in [0.25, 0.3) is 5.69 Å². The molecule has 0 unspecified atom stereocenters. The number of nitrogens with two attached hydrogens (primary N) is 2. The summed E-state index contributed by atoms with van der Waals surface area (Å²) in [7, 11) is 0. The van der Waals surface area contributed by atoms with Crippen LogP contribution >= 0.6 is 0 Å². The smallest absolute Gasteiger partial charge is 0.343 e. The number of carbonyl (C=O) groups is 1. The fourth-order valence-corrected chi connectivity index (χ4v) is 1.62. The van der Waals surface area contributed by atoms with Crippen molar-refractivity contribution in [3.8, 4) is 5.69 Å². The molecular weight excluding hydrogens is 220 g/mol. The van der Waals surface area contributed by atoms with E-state index in [1.54, 1.807) is 6.07 Å². The number of carboxylic acid groups (broad SMARTS) is 1. The van der Waals surface area contributed by atoms with E-state index < -0.39 is 5.97 Å². The van der Waals surface area contributed by atoms with Crippen molar-refractivity contribution in [1.29, 1.82) is 0 Å². The van der Waals surface area contributed by atoms with Gasteiger partial charge in [-0.3, -0.25) is 0 Å². The molecule has 0 aliphatic carbocycles. The van der Waals surface area contributed by atoms with Gasteiger partial charge in [0.05, 0.1) is 5.69 Å². The van der Waals surface area contributed by atoms with Gasteiger partial charge in [0, 0.05) is 0 Å². The van der Waals surface area contributed by atoms with Crippen LogP contribution in [0.1, 0.15) is 15.9 Å². The van der Waals surface area contributed by atoms with Crippen LogP contribution in [0.3, 0.4) is 0 Å². The highest BCUT2D eigenvalue weighted by Gasteiger charge is 2.20. The number of rotatable bonds is 2. The number of nitrogen functional groups attached to an aromatic ring is 2. The third-order valence-electron chi connectivity index (χ3n) is 2.41. The lowest BCUT2D eigenvalue weighted by Gasteiger charge is -2.04. The largest absolute Gasteiger partial charge is 0.477 e. The van der Waals surface area contributed by atoms with Gasteiger partial charge in [0.15, 0.2) is 5.82 Å². The Hall–Kier alpha value is -2.50. The van der Waals surface area contributed by atoms with E-state index >= 15 is 0 Å². The maximum absolute atomic E-state index is 10.9. The predicted molar refractivity (Wildman–Crippen MR) is 64.1 cm³/mol. The van der Waals surface area contributed by atoms with Crippen molar-refractivity contribution in [1.82, 2.24) is 9.78 Å². The number of aromatic nitrogens is 2. The minimum Gasteiger partial charge on any atom is -0.477 e. The van der Waals surface area contributed by atoms with Gasteiger partial charge in [-0.05, 0) is 24.6 Å². The predicted octanol–water partition coefficient (Wildman–Crippen LogP) is 1.04. The molecule has 0 bridgehead atoms. The third kappa shape index (κ3) is 1.80. The summed E-state index contributed by atoms with van der Waals surface area (Å²) < 4.78 is 1.33. The number of aromatic carboxylic acids is 1. The molecule has 0 fully saturated rings. The van der Waals surface area contributed by atoms with Gasteiger partial charge >= 0.3 is 5.97 Å². The van der Waals surface area contributed by atoms with Crippen LogP contribution in [0.2, 0.25) is 0 Å². The maximum atomic E-state index is 10.9. The van der Waals surface area contributed by atoms with Crippen molar-refractivity contribution in [3.05, 3.63) is 35.4 Å². The molecule has 1 heterocycles. The lowest BCUT2D eigenvalue weighted by molar-refractivity contribution is 0.0699. The molecule has 0 aliphatic heterocycles. The summed E-state index contributed by atoms with van der Waals surface area (Å²) in [6, 6.07) is 7.38. The molecule has 5 N–H and O–H groups in total. The molecular formula is C11H12N4O2. The topological polar surface area (TPSA) is 107 Å². The number of hydrogen-bond acceptors (Lipinski definition) is 4. The Bertz CT molecular complexity index is 589. The first-order valence-electron chi connectivity index (χ1n) is 4.95. The summed E-state index contributed by atoms with van der Waals surface area (Å²) in [4.78, 5) is 10.9. The van der Waals surface area contributed by atoms with Gasteiger partial charge in [0.25, 0.3) is 0 Å². The number of benzene rings is 1. The summed E-state index contributed by atoms with van der Waals surface area (Å²) in [6.45, 7) is 1.92. The number of aryl methyl sites for hydroxylation is 1. The summed E-state index contributed by atoms with van der Waals surface area (Å²) in [5.41, 5.74) is 12.8. The molecule has 2 rings (SSSR count). The SMILES string of the molecule is Cc1cccc(-n2nc(N)c(C(=O)O)c2N)c1. The molecule has 1 aromatic carbocycles. The second-order valence-electron chi connectivity index (χ2n) is 3.70. The average Bonchev–Trinajstić information content (AvgIpc) is 2.54. The highest BCUT2D eigenvalue weighted by Crippen LogP contribution is 2.23. The number of carboxylic acids is 1. The summed E-state index contributed by atoms with van der Waals surface area (Å²) in [6.07, 6.45) is 0. The van der Waals surface area contributed by atoms with Crippen LogP contribution in [-0.4, -0.2) is 20.9 Å². The number of anilines is 2. The van der Waals surface area contributed by atoms with E-state index in [0.29, 0.717) is 5.69 Å². The summed E-state index contributed by atoms with van der Waals surface area (Å²) in [5.74, 6) is -1.24. The molecule has 2 aromatic rings. The average molecular weight is 232 g/mol. The second kappa shape index (κ2) is 3.82. The summed E-state index contributed by atoms with van der Waals surface area (Å²) >= 11 is 0. The standard InChI is InChI=1S/C11H12N4O2/c1-6-3-2-4-7(5-6)15-10(13)8(11(16)17)9(12)14-15/h2-5H,13H2,1H3,(H2,12,14)(H,16,17). The molecule has 0 saturated heterocycles. The van der Waals surface area contributed by atoms with E-state index in [0.717, 1.165) is 5.56 Å². The monoisotopic (exact) mass is 232 g/mol. The van der Waals surface area contributed by atoms with E-state index in [9.17, 15) is 4.79 Å². The Morgan fingerprint density at radius 2 is 2.12 bits per heavy atom. The first kappa shape index (κ1) is 11.0. The van der Waals surface area contributed by atoms with Gasteiger partial charge in [-0.1, -0.05) is 12.1 Å². The lowest BCUT2D eigenvalue weighted by Crippen LogP contribution is -2.06. The molecule has 0 amide bonds. The van der Waals surface area contributed by atoms with Crippen molar-refractivity contribution in [2.45, 2.75) is 6.92 Å². The van der Waals surface area contributed by atoms with Gasteiger partial charge in [0.1, 0.15) is 11.4 Å². The van der Waals surface area contributed by atoms with Crippen molar-refractivity contribution >= 4 is 17.6 Å². The second-order valence-corrected chi connectivity index (χ2v) is 3.70. The first-order valence-corrected chi connectivity index (χ1v) is 4.95. The number of nitrogens with zero attached hydrogens (tertiary/aromatic N) is 2. The highest BCUT2D eigenvalue weighted by molar-refractivity contribution is 5.98. The van der Waals surface area contributed by atoms with Crippen LogP contribution < -0.4 is 11.5 Å². The Balaban J connectivity index is 2.62. The van der Waals surface area contributed by atoms with Crippen LogP contribution in [0.5, 0.6) is 0 Å². The Morgan fingerprint density at radius 1 is 1.41 bits per heavy atom. The van der Waals surface area contributed by atoms with E-state index in [1.807, 2.05) is 25.1 Å². The van der Waals surface area contributed by atoms with Crippen LogP contribution in [0, 0.1) is 6.92 Å². The van der Waals surface area contributed by atoms with E-state index in [2.05, 4.69) is 5.10 Å². The Morgan fingerprint density at radius 3 is 2.65 bits per heavy atom. The third-order valence-corrected chi connectivity index (χ3v) is 2.41. The Labute approximate surface area is 97.5 Å². The van der Waals surface area contributed by atoms with E-state index in [-0.39, 0.29) is 17.2 Å². The molecule has 0 atom stereocenters. The molecule has 0 spiro atoms.